The van der Waals surface area contributed by atoms with Crippen molar-refractivity contribution in [2.75, 3.05) is 18.8 Å². The van der Waals surface area contributed by atoms with Crippen LogP contribution in [0.2, 0.25) is 0 Å². The molecule has 0 spiro atoms. The number of nitrogens with zero attached hydrogens (tertiary/aromatic N) is 1. The van der Waals surface area contributed by atoms with Gasteiger partial charge in [0.2, 0.25) is 5.91 Å². The van der Waals surface area contributed by atoms with Gasteiger partial charge in [-0.25, -0.2) is 0 Å². The van der Waals surface area contributed by atoms with Crippen LogP contribution in [0.5, 0.6) is 0 Å². The van der Waals surface area contributed by atoms with Crippen LogP contribution in [-0.4, -0.2) is 36.2 Å². The lowest BCUT2D eigenvalue weighted by molar-refractivity contribution is -0.124. The summed E-state index contributed by atoms with van der Waals surface area (Å²) >= 11 is 1.23. The van der Waals surface area contributed by atoms with E-state index in [9.17, 15) is 9.59 Å². The number of hydrogen-bond acceptors (Lipinski definition) is 5. The van der Waals surface area contributed by atoms with E-state index in [4.69, 9.17) is 5.84 Å². The Balaban J connectivity index is 3.95. The standard InChI is InChI=1S/C14H28N4O2S/c1-11(2)8-13(9-21-12(3)19)14(20)17-7-5-4-6-16-10-18-15/h10-11,13H,4-9,15H2,1-3H3,(H,16,18)(H,17,20). The fraction of sp³-hybridized carbons (Fsp3) is 0.786. The van der Waals surface area contributed by atoms with Crippen molar-refractivity contribution in [1.82, 2.24) is 10.6 Å². The average molecular weight is 316 g/mol. The molecule has 0 fully saturated rings. The number of unbranched alkanes of at least 4 members (excludes halogenated alkanes) is 1. The highest BCUT2D eigenvalue weighted by Crippen LogP contribution is 2.18. The molecule has 0 aromatic heterocycles. The van der Waals surface area contributed by atoms with Crippen molar-refractivity contribution < 1.29 is 9.59 Å². The number of nitrogens with one attached hydrogen (secondary N) is 2. The zero-order valence-electron chi connectivity index (χ0n) is 13.2. The van der Waals surface area contributed by atoms with E-state index in [1.165, 1.54) is 25.0 Å². The second-order valence-electron chi connectivity index (χ2n) is 5.36. The normalized spacial score (nSPS) is 12.6. The second-order valence-corrected chi connectivity index (χ2v) is 6.56. The maximum atomic E-state index is 12.1. The molecule has 0 aromatic rings. The van der Waals surface area contributed by atoms with E-state index in [2.05, 4.69) is 29.6 Å². The van der Waals surface area contributed by atoms with Crippen molar-refractivity contribution in [2.24, 2.45) is 22.8 Å². The SMILES string of the molecule is CC(=O)SCC(CC(C)C)C(=O)NCCCCNC=NN. The Morgan fingerprint density at radius 1 is 1.29 bits per heavy atom. The van der Waals surface area contributed by atoms with Crippen LogP contribution in [-0.2, 0) is 9.59 Å². The van der Waals surface area contributed by atoms with Gasteiger partial charge in [0.25, 0.3) is 0 Å². The third kappa shape index (κ3) is 12.2. The molecule has 1 atom stereocenters. The van der Waals surface area contributed by atoms with Crippen molar-refractivity contribution in [3.05, 3.63) is 0 Å². The summed E-state index contributed by atoms with van der Waals surface area (Å²) in [6, 6.07) is 0. The second kappa shape index (κ2) is 12.5. The molecule has 0 bridgehead atoms. The first kappa shape index (κ1) is 19.8. The van der Waals surface area contributed by atoms with Gasteiger partial charge >= 0.3 is 0 Å². The zero-order chi connectivity index (χ0) is 16.1. The summed E-state index contributed by atoms with van der Waals surface area (Å²) in [6.07, 6.45) is 4.09. The molecule has 0 saturated heterocycles. The van der Waals surface area contributed by atoms with Crippen LogP contribution in [0.15, 0.2) is 5.10 Å². The number of carbonyl (C=O) groups excluding carboxylic acids is 2. The quantitative estimate of drug-likeness (QED) is 0.176. The minimum Gasteiger partial charge on any atom is -0.375 e. The van der Waals surface area contributed by atoms with Gasteiger partial charge in [0, 0.05) is 31.7 Å². The maximum Gasteiger partial charge on any atom is 0.223 e. The summed E-state index contributed by atoms with van der Waals surface area (Å²) in [6.45, 7) is 7.14. The lowest BCUT2D eigenvalue weighted by Crippen LogP contribution is -2.34. The summed E-state index contributed by atoms with van der Waals surface area (Å²) in [4.78, 5) is 23.2. The molecule has 122 valence electrons. The number of rotatable bonds is 11. The first-order valence-electron chi connectivity index (χ1n) is 7.33. The fourth-order valence-corrected chi connectivity index (χ4v) is 2.59. The monoisotopic (exact) mass is 316 g/mol. The predicted octanol–water partition coefficient (Wildman–Crippen LogP) is 1.32. The van der Waals surface area contributed by atoms with E-state index in [0.717, 1.165) is 25.8 Å². The molecule has 0 aliphatic rings. The van der Waals surface area contributed by atoms with Crippen LogP contribution in [0.3, 0.4) is 0 Å². The Morgan fingerprint density at radius 3 is 2.52 bits per heavy atom. The lowest BCUT2D eigenvalue weighted by Gasteiger charge is -2.17. The molecule has 0 heterocycles. The molecule has 7 heteroatoms. The van der Waals surface area contributed by atoms with Crippen molar-refractivity contribution in [1.29, 1.82) is 0 Å². The van der Waals surface area contributed by atoms with E-state index in [1.54, 1.807) is 0 Å². The molecule has 0 aliphatic heterocycles. The highest BCUT2D eigenvalue weighted by atomic mass is 32.2. The van der Waals surface area contributed by atoms with Crippen LogP contribution in [0, 0.1) is 11.8 Å². The molecule has 0 aliphatic carbocycles. The van der Waals surface area contributed by atoms with Gasteiger partial charge in [0.1, 0.15) is 6.34 Å². The molecule has 1 unspecified atom stereocenters. The van der Waals surface area contributed by atoms with Gasteiger partial charge in [-0.2, -0.15) is 5.10 Å². The van der Waals surface area contributed by atoms with Gasteiger partial charge in [0.15, 0.2) is 5.12 Å². The number of hydrogen-bond donors (Lipinski definition) is 3. The van der Waals surface area contributed by atoms with Crippen LogP contribution in [0.1, 0.15) is 40.0 Å². The summed E-state index contributed by atoms with van der Waals surface area (Å²) in [5.74, 6) is 5.91. The van der Waals surface area contributed by atoms with Gasteiger partial charge < -0.3 is 16.5 Å². The Bertz CT molecular complexity index is 335. The minimum absolute atomic E-state index is 0.0499. The van der Waals surface area contributed by atoms with Gasteiger partial charge in [-0.05, 0) is 25.2 Å². The third-order valence-corrected chi connectivity index (χ3v) is 3.80. The largest absolute Gasteiger partial charge is 0.375 e. The minimum atomic E-state index is -0.0959. The molecular weight excluding hydrogens is 288 g/mol. The van der Waals surface area contributed by atoms with E-state index >= 15 is 0 Å². The first-order valence-corrected chi connectivity index (χ1v) is 8.32. The summed E-state index contributed by atoms with van der Waals surface area (Å²) in [5, 5.41) is 9.28. The van der Waals surface area contributed by atoms with Crippen LogP contribution in [0.25, 0.3) is 0 Å². The van der Waals surface area contributed by atoms with Gasteiger partial charge in [0.05, 0.1) is 0 Å². The number of amides is 1. The Morgan fingerprint density at radius 2 is 1.95 bits per heavy atom. The van der Waals surface area contributed by atoms with Gasteiger partial charge in [-0.1, -0.05) is 25.6 Å². The van der Waals surface area contributed by atoms with E-state index in [0.29, 0.717) is 18.2 Å². The molecule has 0 saturated carbocycles. The molecular formula is C14H28N4O2S. The van der Waals surface area contributed by atoms with Crippen molar-refractivity contribution in [3.8, 4) is 0 Å². The Kier molecular flexibility index (Phi) is 11.8. The van der Waals surface area contributed by atoms with Crippen LogP contribution < -0.4 is 16.5 Å². The van der Waals surface area contributed by atoms with E-state index < -0.39 is 0 Å². The molecule has 1 amide bonds. The number of hydrazone groups is 1. The van der Waals surface area contributed by atoms with Gasteiger partial charge in [-0.15, -0.1) is 0 Å². The Labute approximate surface area is 131 Å². The lowest BCUT2D eigenvalue weighted by atomic mass is 9.98. The molecule has 6 nitrogen and oxygen atoms in total. The molecule has 0 aromatic carbocycles. The van der Waals surface area contributed by atoms with Crippen LogP contribution >= 0.6 is 11.8 Å². The number of carbonyl (C=O) groups is 2. The smallest absolute Gasteiger partial charge is 0.223 e. The molecule has 0 radical (unpaired) electrons. The molecule has 21 heavy (non-hydrogen) atoms. The van der Waals surface area contributed by atoms with Crippen LogP contribution in [0.4, 0.5) is 0 Å². The fourth-order valence-electron chi connectivity index (χ4n) is 1.86. The highest BCUT2D eigenvalue weighted by molar-refractivity contribution is 8.13. The van der Waals surface area contributed by atoms with Crippen molar-refractivity contribution >= 4 is 29.1 Å². The molecule has 0 rings (SSSR count). The summed E-state index contributed by atoms with van der Waals surface area (Å²) in [7, 11) is 0. The van der Waals surface area contributed by atoms with Crippen molar-refractivity contribution in [3.63, 3.8) is 0 Å². The zero-order valence-corrected chi connectivity index (χ0v) is 14.0. The number of nitrogens with two attached hydrogens (primary N) is 1. The topological polar surface area (TPSA) is 96.6 Å². The van der Waals surface area contributed by atoms with Gasteiger partial charge in [-0.3, -0.25) is 9.59 Å². The third-order valence-electron chi connectivity index (χ3n) is 2.83. The van der Waals surface area contributed by atoms with E-state index in [-0.39, 0.29) is 16.9 Å². The average Bonchev–Trinajstić information content (AvgIpc) is 2.41. The molecule has 4 N–H and O–H groups in total. The highest BCUT2D eigenvalue weighted by Gasteiger charge is 2.20. The maximum absolute atomic E-state index is 12.1. The number of thioether (sulfide) groups is 1. The summed E-state index contributed by atoms with van der Waals surface area (Å²) < 4.78 is 0. The van der Waals surface area contributed by atoms with Crippen molar-refractivity contribution in [2.45, 2.75) is 40.0 Å². The Hall–Kier alpha value is -1.24. The first-order chi connectivity index (χ1) is 9.97. The predicted molar refractivity (Wildman–Crippen MR) is 89.0 cm³/mol. The summed E-state index contributed by atoms with van der Waals surface area (Å²) in [5.41, 5.74) is 0. The van der Waals surface area contributed by atoms with E-state index in [1.807, 2.05) is 0 Å².